The fraction of sp³-hybridized carbons (Fsp3) is 0.167. The Balaban J connectivity index is 1.53. The smallest absolute Gasteiger partial charge is 0.279 e. The van der Waals surface area contributed by atoms with E-state index in [2.05, 4.69) is 15.5 Å². The Labute approximate surface area is 148 Å². The summed E-state index contributed by atoms with van der Waals surface area (Å²) in [6.45, 7) is 2.03. The van der Waals surface area contributed by atoms with Gasteiger partial charge in [0.05, 0.1) is 5.02 Å². The summed E-state index contributed by atoms with van der Waals surface area (Å²) in [4.78, 5) is 16.3. The number of carbonyl (C=O) groups excluding carboxylic acids is 1. The van der Waals surface area contributed by atoms with Crippen LogP contribution in [-0.2, 0) is 6.42 Å². The molecular formula is C18H14ClN3O3. The molecule has 1 aromatic carbocycles. The van der Waals surface area contributed by atoms with Crippen LogP contribution in [0.3, 0.4) is 0 Å². The highest BCUT2D eigenvalue weighted by Crippen LogP contribution is 2.33. The SMILES string of the molecule is CC1Cc2cc(-c3cc(C(=O)Nc4ccc(Cl)cn4)no3)ccc2O1. The van der Waals surface area contributed by atoms with E-state index in [9.17, 15) is 4.79 Å². The highest BCUT2D eigenvalue weighted by molar-refractivity contribution is 6.30. The lowest BCUT2D eigenvalue weighted by atomic mass is 10.1. The molecule has 1 aliphatic rings. The number of benzene rings is 1. The zero-order valence-electron chi connectivity index (χ0n) is 13.3. The van der Waals surface area contributed by atoms with Crippen LogP contribution in [0.4, 0.5) is 5.82 Å². The van der Waals surface area contributed by atoms with Crippen LogP contribution in [0.2, 0.25) is 5.02 Å². The summed E-state index contributed by atoms with van der Waals surface area (Å²) in [7, 11) is 0. The molecule has 0 saturated carbocycles. The Morgan fingerprint density at radius 2 is 2.16 bits per heavy atom. The molecule has 3 aromatic rings. The Morgan fingerprint density at radius 3 is 2.96 bits per heavy atom. The van der Waals surface area contributed by atoms with E-state index in [1.807, 2.05) is 25.1 Å². The molecule has 0 saturated heterocycles. The summed E-state index contributed by atoms with van der Waals surface area (Å²) >= 11 is 5.77. The Hall–Kier alpha value is -2.86. The molecular weight excluding hydrogens is 342 g/mol. The molecule has 6 nitrogen and oxygen atoms in total. The number of amides is 1. The molecule has 0 aliphatic carbocycles. The number of halogens is 1. The van der Waals surface area contributed by atoms with Crippen molar-refractivity contribution in [2.24, 2.45) is 0 Å². The van der Waals surface area contributed by atoms with E-state index >= 15 is 0 Å². The van der Waals surface area contributed by atoms with E-state index in [1.165, 1.54) is 6.20 Å². The van der Waals surface area contributed by atoms with Gasteiger partial charge >= 0.3 is 0 Å². The molecule has 7 heteroatoms. The van der Waals surface area contributed by atoms with Crippen molar-refractivity contribution in [2.45, 2.75) is 19.4 Å². The average molecular weight is 356 g/mol. The van der Waals surface area contributed by atoms with Gasteiger partial charge in [0, 0.05) is 24.2 Å². The van der Waals surface area contributed by atoms with Crippen LogP contribution in [0.5, 0.6) is 5.75 Å². The predicted octanol–water partition coefficient (Wildman–Crippen LogP) is 3.97. The minimum Gasteiger partial charge on any atom is -0.490 e. The average Bonchev–Trinajstić information content (AvgIpc) is 3.22. The van der Waals surface area contributed by atoms with Crippen LogP contribution in [0.15, 0.2) is 47.1 Å². The van der Waals surface area contributed by atoms with Gasteiger partial charge in [0.1, 0.15) is 17.7 Å². The maximum Gasteiger partial charge on any atom is 0.279 e. The van der Waals surface area contributed by atoms with Gasteiger partial charge in [0.2, 0.25) is 0 Å². The molecule has 25 heavy (non-hydrogen) atoms. The summed E-state index contributed by atoms with van der Waals surface area (Å²) in [5.74, 6) is 1.41. The third-order valence-electron chi connectivity index (χ3n) is 3.89. The second-order valence-electron chi connectivity index (χ2n) is 5.85. The number of nitrogens with zero attached hydrogens (tertiary/aromatic N) is 2. The molecule has 1 unspecified atom stereocenters. The molecule has 0 spiro atoms. The summed E-state index contributed by atoms with van der Waals surface area (Å²) in [6.07, 6.45) is 2.49. The fourth-order valence-electron chi connectivity index (χ4n) is 2.72. The first kappa shape index (κ1) is 15.7. The van der Waals surface area contributed by atoms with Crippen molar-refractivity contribution in [1.82, 2.24) is 10.1 Å². The number of pyridine rings is 1. The number of rotatable bonds is 3. The van der Waals surface area contributed by atoms with Crippen LogP contribution < -0.4 is 10.1 Å². The Kier molecular flexibility index (Phi) is 3.89. The van der Waals surface area contributed by atoms with Crippen molar-refractivity contribution >= 4 is 23.3 Å². The van der Waals surface area contributed by atoms with Gasteiger partial charge in [0.15, 0.2) is 11.5 Å². The number of carbonyl (C=O) groups is 1. The number of fused-ring (bicyclic) bond motifs is 1. The van der Waals surface area contributed by atoms with E-state index in [0.29, 0.717) is 16.6 Å². The van der Waals surface area contributed by atoms with E-state index in [1.54, 1.807) is 18.2 Å². The van der Waals surface area contributed by atoms with Crippen LogP contribution in [0.1, 0.15) is 23.0 Å². The standard InChI is InChI=1S/C18H14ClN3O3/c1-10-6-12-7-11(2-4-15(12)24-10)16-8-14(22-25-16)18(23)21-17-5-3-13(19)9-20-17/h2-5,7-10H,6H2,1H3,(H,20,21,23). The fourth-order valence-corrected chi connectivity index (χ4v) is 2.84. The molecule has 0 fully saturated rings. The Bertz CT molecular complexity index is 937. The minimum absolute atomic E-state index is 0.174. The van der Waals surface area contributed by atoms with Crippen LogP contribution in [0, 0.1) is 0 Å². The van der Waals surface area contributed by atoms with Crippen molar-refractivity contribution in [3.8, 4) is 17.1 Å². The normalized spacial score (nSPS) is 15.5. The molecule has 126 valence electrons. The second-order valence-corrected chi connectivity index (χ2v) is 6.28. The van der Waals surface area contributed by atoms with Gasteiger partial charge in [-0.05, 0) is 42.8 Å². The zero-order valence-corrected chi connectivity index (χ0v) is 14.1. The molecule has 1 N–H and O–H groups in total. The van der Waals surface area contributed by atoms with Crippen LogP contribution in [0.25, 0.3) is 11.3 Å². The number of ether oxygens (including phenoxy) is 1. The van der Waals surface area contributed by atoms with E-state index < -0.39 is 5.91 Å². The van der Waals surface area contributed by atoms with Crippen molar-refractivity contribution in [3.63, 3.8) is 0 Å². The first-order valence-corrected chi connectivity index (χ1v) is 8.16. The molecule has 1 amide bonds. The highest BCUT2D eigenvalue weighted by Gasteiger charge is 2.21. The lowest BCUT2D eigenvalue weighted by Gasteiger charge is -2.02. The lowest BCUT2D eigenvalue weighted by molar-refractivity contribution is 0.101. The summed E-state index contributed by atoms with van der Waals surface area (Å²) in [5, 5.41) is 6.99. The van der Waals surface area contributed by atoms with Crippen molar-refractivity contribution in [1.29, 1.82) is 0 Å². The van der Waals surface area contributed by atoms with E-state index in [0.717, 1.165) is 23.3 Å². The third-order valence-corrected chi connectivity index (χ3v) is 4.12. The van der Waals surface area contributed by atoms with Gasteiger partial charge in [-0.2, -0.15) is 0 Å². The molecule has 0 radical (unpaired) electrons. The monoisotopic (exact) mass is 355 g/mol. The third kappa shape index (κ3) is 3.21. The zero-order chi connectivity index (χ0) is 17.4. The van der Waals surface area contributed by atoms with Crippen molar-refractivity contribution in [3.05, 3.63) is 58.9 Å². The van der Waals surface area contributed by atoms with Gasteiger partial charge in [-0.3, -0.25) is 4.79 Å². The summed E-state index contributed by atoms with van der Waals surface area (Å²) in [6, 6.07) is 10.7. The lowest BCUT2D eigenvalue weighted by Crippen LogP contribution is -2.13. The number of hydrogen-bond donors (Lipinski definition) is 1. The first-order valence-electron chi connectivity index (χ1n) is 7.78. The summed E-state index contributed by atoms with van der Waals surface area (Å²) in [5.41, 5.74) is 2.15. The number of nitrogens with one attached hydrogen (secondary N) is 1. The van der Waals surface area contributed by atoms with Gasteiger partial charge in [-0.15, -0.1) is 0 Å². The number of anilines is 1. The molecule has 0 bridgehead atoms. The second kappa shape index (κ2) is 6.22. The van der Waals surface area contributed by atoms with Crippen molar-refractivity contribution < 1.29 is 14.1 Å². The van der Waals surface area contributed by atoms with Crippen molar-refractivity contribution in [2.75, 3.05) is 5.32 Å². The predicted molar refractivity (Wildman–Crippen MR) is 92.9 cm³/mol. The highest BCUT2D eigenvalue weighted by atomic mass is 35.5. The minimum atomic E-state index is -0.400. The largest absolute Gasteiger partial charge is 0.490 e. The van der Waals surface area contributed by atoms with Gasteiger partial charge < -0.3 is 14.6 Å². The van der Waals surface area contributed by atoms with Gasteiger partial charge in [-0.25, -0.2) is 4.98 Å². The Morgan fingerprint density at radius 1 is 1.28 bits per heavy atom. The van der Waals surface area contributed by atoms with Gasteiger partial charge in [-0.1, -0.05) is 16.8 Å². The van der Waals surface area contributed by atoms with Gasteiger partial charge in [0.25, 0.3) is 5.91 Å². The number of hydrogen-bond acceptors (Lipinski definition) is 5. The molecule has 1 aliphatic heterocycles. The summed E-state index contributed by atoms with van der Waals surface area (Å²) < 4.78 is 11.0. The maximum absolute atomic E-state index is 12.2. The van der Waals surface area contributed by atoms with E-state index in [-0.39, 0.29) is 11.8 Å². The molecule has 3 heterocycles. The molecule has 1 atom stereocenters. The molecule has 4 rings (SSSR count). The maximum atomic E-state index is 12.2. The van der Waals surface area contributed by atoms with Crippen LogP contribution >= 0.6 is 11.6 Å². The quantitative estimate of drug-likeness (QED) is 0.769. The molecule has 2 aromatic heterocycles. The number of aromatic nitrogens is 2. The first-order chi connectivity index (χ1) is 12.1. The topological polar surface area (TPSA) is 77.3 Å². The van der Waals surface area contributed by atoms with Crippen LogP contribution in [-0.4, -0.2) is 22.2 Å². The van der Waals surface area contributed by atoms with E-state index in [4.69, 9.17) is 20.9 Å².